The van der Waals surface area contributed by atoms with E-state index in [2.05, 4.69) is 18.8 Å². The van der Waals surface area contributed by atoms with E-state index in [0.29, 0.717) is 6.54 Å². The Morgan fingerprint density at radius 3 is 2.77 bits per heavy atom. The molecule has 0 atom stereocenters. The third-order valence-corrected chi connectivity index (χ3v) is 1.72. The van der Waals surface area contributed by atoms with Crippen molar-refractivity contribution in [2.24, 2.45) is 0 Å². The van der Waals surface area contributed by atoms with E-state index < -0.39 is 0 Å². The maximum atomic E-state index is 11.1. The van der Waals surface area contributed by atoms with Crippen molar-refractivity contribution < 1.29 is 4.79 Å². The minimum atomic E-state index is -0.0199. The number of hydrogen-bond acceptors (Lipinski definition) is 1. The monoisotopic (exact) mass is 181 g/mol. The molecule has 0 aliphatic rings. The Bertz CT molecular complexity index is 194. The third-order valence-electron chi connectivity index (χ3n) is 1.72. The fourth-order valence-corrected chi connectivity index (χ4v) is 0.975. The first-order valence-corrected chi connectivity index (χ1v) is 4.76. The predicted octanol–water partition coefficient (Wildman–Crippen LogP) is 2.43. The standard InChI is InChI=1S/C11H19NO/c1-4-6-7-10(3)9-11(13)12-8-5-2/h5,9H,2,4,6-8H2,1,3H3,(H,12,13)/b10-9+. The average molecular weight is 181 g/mol. The fourth-order valence-electron chi connectivity index (χ4n) is 0.975. The van der Waals surface area contributed by atoms with Crippen molar-refractivity contribution >= 4 is 5.91 Å². The summed E-state index contributed by atoms with van der Waals surface area (Å²) in [6.07, 6.45) is 6.67. The summed E-state index contributed by atoms with van der Waals surface area (Å²) in [6, 6.07) is 0. The molecule has 0 saturated heterocycles. The Morgan fingerprint density at radius 1 is 1.54 bits per heavy atom. The Labute approximate surface area is 80.7 Å². The molecule has 0 rings (SSSR count). The number of nitrogens with one attached hydrogen (secondary N) is 1. The first kappa shape index (κ1) is 11.9. The molecule has 0 spiro atoms. The Morgan fingerprint density at radius 2 is 2.23 bits per heavy atom. The van der Waals surface area contributed by atoms with Gasteiger partial charge in [-0.1, -0.05) is 25.0 Å². The average Bonchev–Trinajstić information content (AvgIpc) is 2.11. The van der Waals surface area contributed by atoms with Gasteiger partial charge >= 0.3 is 0 Å². The Kier molecular flexibility index (Phi) is 6.98. The van der Waals surface area contributed by atoms with Crippen molar-refractivity contribution in [1.29, 1.82) is 0 Å². The molecule has 0 aromatic carbocycles. The number of unbranched alkanes of at least 4 members (excludes halogenated alkanes) is 1. The second-order valence-corrected chi connectivity index (χ2v) is 3.13. The summed E-state index contributed by atoms with van der Waals surface area (Å²) in [7, 11) is 0. The molecule has 0 aromatic heterocycles. The van der Waals surface area contributed by atoms with E-state index in [9.17, 15) is 4.79 Å². The molecule has 0 heterocycles. The maximum absolute atomic E-state index is 11.1. The lowest BCUT2D eigenvalue weighted by molar-refractivity contribution is -0.116. The van der Waals surface area contributed by atoms with Crippen molar-refractivity contribution in [3.8, 4) is 0 Å². The molecule has 0 radical (unpaired) electrons. The van der Waals surface area contributed by atoms with E-state index in [1.165, 1.54) is 6.42 Å². The van der Waals surface area contributed by atoms with Gasteiger partial charge in [-0.15, -0.1) is 6.58 Å². The van der Waals surface area contributed by atoms with E-state index in [4.69, 9.17) is 0 Å². The predicted molar refractivity (Wildman–Crippen MR) is 56.5 cm³/mol. The molecule has 0 aliphatic heterocycles. The van der Waals surface area contributed by atoms with Gasteiger partial charge in [-0.05, 0) is 19.8 Å². The second-order valence-electron chi connectivity index (χ2n) is 3.13. The van der Waals surface area contributed by atoms with Crippen molar-refractivity contribution in [2.45, 2.75) is 33.1 Å². The number of allylic oxidation sites excluding steroid dienone is 1. The summed E-state index contributed by atoms with van der Waals surface area (Å²) in [5, 5.41) is 2.71. The van der Waals surface area contributed by atoms with Gasteiger partial charge in [0.1, 0.15) is 0 Å². The highest BCUT2D eigenvalue weighted by Gasteiger charge is 1.95. The van der Waals surface area contributed by atoms with Gasteiger partial charge in [-0.2, -0.15) is 0 Å². The fraction of sp³-hybridized carbons (Fsp3) is 0.545. The highest BCUT2D eigenvalue weighted by atomic mass is 16.1. The van der Waals surface area contributed by atoms with Gasteiger partial charge in [0, 0.05) is 12.6 Å². The van der Waals surface area contributed by atoms with Crippen LogP contribution in [0.15, 0.2) is 24.3 Å². The summed E-state index contributed by atoms with van der Waals surface area (Å²) in [6.45, 7) is 8.20. The summed E-state index contributed by atoms with van der Waals surface area (Å²) >= 11 is 0. The molecular formula is C11H19NO. The summed E-state index contributed by atoms with van der Waals surface area (Å²) < 4.78 is 0. The number of carbonyl (C=O) groups is 1. The zero-order chi connectivity index (χ0) is 10.1. The van der Waals surface area contributed by atoms with Crippen LogP contribution in [0.3, 0.4) is 0 Å². The van der Waals surface area contributed by atoms with Gasteiger partial charge in [0.05, 0.1) is 0 Å². The lowest BCUT2D eigenvalue weighted by Gasteiger charge is -2.00. The molecule has 0 bridgehead atoms. The van der Waals surface area contributed by atoms with Crippen molar-refractivity contribution in [1.82, 2.24) is 5.32 Å². The smallest absolute Gasteiger partial charge is 0.244 e. The Balaban J connectivity index is 3.76. The van der Waals surface area contributed by atoms with Crippen LogP contribution in [0.4, 0.5) is 0 Å². The third kappa shape index (κ3) is 7.32. The zero-order valence-corrected chi connectivity index (χ0v) is 8.60. The number of carbonyl (C=O) groups excluding carboxylic acids is 1. The molecular weight excluding hydrogens is 162 g/mol. The molecule has 1 N–H and O–H groups in total. The highest BCUT2D eigenvalue weighted by molar-refractivity contribution is 5.88. The van der Waals surface area contributed by atoms with Crippen LogP contribution in [0.2, 0.25) is 0 Å². The second kappa shape index (κ2) is 7.59. The maximum Gasteiger partial charge on any atom is 0.244 e. The minimum Gasteiger partial charge on any atom is -0.349 e. The lowest BCUT2D eigenvalue weighted by atomic mass is 10.1. The van der Waals surface area contributed by atoms with Crippen LogP contribution >= 0.6 is 0 Å². The molecule has 0 fully saturated rings. The molecule has 2 nitrogen and oxygen atoms in total. The quantitative estimate of drug-likeness (QED) is 0.495. The number of hydrogen-bond donors (Lipinski definition) is 1. The minimum absolute atomic E-state index is 0.0199. The molecule has 1 amide bonds. The molecule has 13 heavy (non-hydrogen) atoms. The van der Waals surface area contributed by atoms with Gasteiger partial charge in [-0.25, -0.2) is 0 Å². The summed E-state index contributed by atoms with van der Waals surface area (Å²) in [5.74, 6) is -0.0199. The van der Waals surface area contributed by atoms with Crippen LogP contribution in [-0.4, -0.2) is 12.5 Å². The van der Waals surface area contributed by atoms with Crippen molar-refractivity contribution in [3.63, 3.8) is 0 Å². The molecule has 74 valence electrons. The van der Waals surface area contributed by atoms with E-state index in [1.54, 1.807) is 12.2 Å². The molecule has 2 heteroatoms. The molecule has 0 unspecified atom stereocenters. The van der Waals surface area contributed by atoms with Crippen LogP contribution < -0.4 is 5.32 Å². The molecule has 0 saturated carbocycles. The lowest BCUT2D eigenvalue weighted by Crippen LogP contribution is -2.20. The normalized spacial score (nSPS) is 11.1. The first-order valence-electron chi connectivity index (χ1n) is 4.76. The summed E-state index contributed by atoms with van der Waals surface area (Å²) in [5.41, 5.74) is 1.14. The van der Waals surface area contributed by atoms with Crippen molar-refractivity contribution in [2.75, 3.05) is 6.54 Å². The largest absolute Gasteiger partial charge is 0.349 e. The van der Waals surface area contributed by atoms with Crippen LogP contribution in [0.5, 0.6) is 0 Å². The first-order chi connectivity index (χ1) is 6.20. The van der Waals surface area contributed by atoms with Gasteiger partial charge in [-0.3, -0.25) is 4.79 Å². The van der Waals surface area contributed by atoms with Crippen LogP contribution in [0.25, 0.3) is 0 Å². The van der Waals surface area contributed by atoms with Gasteiger partial charge in [0.2, 0.25) is 5.91 Å². The number of rotatable bonds is 6. The van der Waals surface area contributed by atoms with Crippen LogP contribution in [0, 0.1) is 0 Å². The van der Waals surface area contributed by atoms with E-state index in [1.807, 2.05) is 6.92 Å². The SMILES string of the molecule is C=CCNC(=O)/C=C(\C)CCCC. The Hall–Kier alpha value is -1.05. The highest BCUT2D eigenvalue weighted by Crippen LogP contribution is 2.05. The van der Waals surface area contributed by atoms with Gasteiger partial charge < -0.3 is 5.32 Å². The zero-order valence-electron chi connectivity index (χ0n) is 8.60. The summed E-state index contributed by atoms with van der Waals surface area (Å²) in [4.78, 5) is 11.1. The van der Waals surface area contributed by atoms with Gasteiger partial charge in [0.25, 0.3) is 0 Å². The van der Waals surface area contributed by atoms with Crippen molar-refractivity contribution in [3.05, 3.63) is 24.3 Å². The van der Waals surface area contributed by atoms with E-state index in [-0.39, 0.29) is 5.91 Å². The van der Waals surface area contributed by atoms with Gasteiger partial charge in [0.15, 0.2) is 0 Å². The molecule has 0 aromatic rings. The van der Waals surface area contributed by atoms with Crippen LogP contribution in [0.1, 0.15) is 33.1 Å². The van der Waals surface area contributed by atoms with E-state index in [0.717, 1.165) is 18.4 Å². The van der Waals surface area contributed by atoms with Crippen LogP contribution in [-0.2, 0) is 4.79 Å². The topological polar surface area (TPSA) is 29.1 Å². The van der Waals surface area contributed by atoms with E-state index >= 15 is 0 Å². The number of amides is 1. The molecule has 0 aliphatic carbocycles.